The van der Waals surface area contributed by atoms with E-state index in [0.29, 0.717) is 24.5 Å². The lowest BCUT2D eigenvalue weighted by Gasteiger charge is -2.19. The number of halogens is 3. The van der Waals surface area contributed by atoms with Crippen LogP contribution < -0.4 is 20.7 Å². The molecule has 4 aromatic rings. The number of aryl methyl sites for hydroxylation is 2. The molecule has 216 valence electrons. The fraction of sp³-hybridized carbons (Fsp3) is 0.276. The first-order chi connectivity index (χ1) is 19.6. The van der Waals surface area contributed by atoms with E-state index in [2.05, 4.69) is 62.5 Å². The number of urea groups is 1. The molecule has 8 nitrogen and oxygen atoms in total. The summed E-state index contributed by atoms with van der Waals surface area (Å²) in [6.45, 7) is 4.54. The summed E-state index contributed by atoms with van der Waals surface area (Å²) >= 11 is 4.48. The molecule has 12 heteroatoms. The highest BCUT2D eigenvalue weighted by molar-refractivity contribution is 7.81. The molecule has 0 aliphatic heterocycles. The molecule has 41 heavy (non-hydrogen) atoms. The van der Waals surface area contributed by atoms with Crippen molar-refractivity contribution >= 4 is 24.3 Å². The number of nitrogens with one attached hydrogen (secondary N) is 3. The second-order valence-electron chi connectivity index (χ2n) is 9.36. The number of ether oxygens (including phenoxy) is 1. The summed E-state index contributed by atoms with van der Waals surface area (Å²) in [7, 11) is 0. The summed E-state index contributed by atoms with van der Waals surface area (Å²) < 4.78 is 42.6. The van der Waals surface area contributed by atoms with E-state index in [-0.39, 0.29) is 11.8 Å². The molecule has 3 N–H and O–H groups in total. The van der Waals surface area contributed by atoms with Crippen molar-refractivity contribution in [3.8, 4) is 22.8 Å². The number of alkyl halides is 3. The van der Waals surface area contributed by atoms with E-state index in [1.54, 1.807) is 0 Å². The van der Waals surface area contributed by atoms with E-state index in [0.717, 1.165) is 35.2 Å². The van der Waals surface area contributed by atoms with Gasteiger partial charge in [0.2, 0.25) is 0 Å². The van der Waals surface area contributed by atoms with Gasteiger partial charge in [-0.3, -0.25) is 0 Å². The lowest BCUT2D eigenvalue weighted by molar-refractivity contribution is -0.274. The summed E-state index contributed by atoms with van der Waals surface area (Å²) in [6, 6.07) is 18.8. The SMILES string of the molecule is CCCc1ccc(C)cc1NC(S)NC(=O)NCCc1cccc(-c2ncn(-c3ccc(OC(F)(F)F)cc3)n2)c1. The largest absolute Gasteiger partial charge is 0.573 e. The van der Waals surface area contributed by atoms with Crippen molar-refractivity contribution in [3.63, 3.8) is 0 Å². The van der Waals surface area contributed by atoms with Crippen molar-refractivity contribution in [2.24, 2.45) is 0 Å². The molecule has 1 heterocycles. The third-order valence-electron chi connectivity index (χ3n) is 6.06. The van der Waals surface area contributed by atoms with Crippen LogP contribution in [-0.4, -0.2) is 39.2 Å². The molecule has 0 saturated carbocycles. The molecule has 0 aliphatic rings. The summed E-state index contributed by atoms with van der Waals surface area (Å²) in [5.74, 6) is 0.140. The van der Waals surface area contributed by atoms with Gasteiger partial charge in [0.1, 0.15) is 17.6 Å². The quantitative estimate of drug-likeness (QED) is 0.123. The Morgan fingerprint density at radius 2 is 1.85 bits per heavy atom. The van der Waals surface area contributed by atoms with Crippen molar-refractivity contribution in [2.75, 3.05) is 11.9 Å². The number of amides is 2. The van der Waals surface area contributed by atoms with Crippen LogP contribution in [0.1, 0.15) is 30.0 Å². The van der Waals surface area contributed by atoms with Gasteiger partial charge in [0.15, 0.2) is 5.82 Å². The minimum atomic E-state index is -4.75. The zero-order valence-electron chi connectivity index (χ0n) is 22.6. The molecule has 0 fully saturated rings. The van der Waals surface area contributed by atoms with Gasteiger partial charge in [0, 0.05) is 17.8 Å². The lowest BCUT2D eigenvalue weighted by Crippen LogP contribution is -2.43. The number of hydrogen-bond donors (Lipinski definition) is 4. The van der Waals surface area contributed by atoms with Gasteiger partial charge < -0.3 is 20.7 Å². The predicted molar refractivity (Wildman–Crippen MR) is 155 cm³/mol. The number of benzene rings is 3. The van der Waals surface area contributed by atoms with Gasteiger partial charge >= 0.3 is 12.4 Å². The smallest absolute Gasteiger partial charge is 0.406 e. The highest BCUT2D eigenvalue weighted by Gasteiger charge is 2.31. The Bertz CT molecular complexity index is 1460. The summed E-state index contributed by atoms with van der Waals surface area (Å²) in [5, 5.41) is 13.3. The Balaban J connectivity index is 1.29. The normalized spacial score (nSPS) is 12.0. The fourth-order valence-corrected chi connectivity index (χ4v) is 4.43. The molecule has 0 spiro atoms. The topological polar surface area (TPSA) is 93.1 Å². The van der Waals surface area contributed by atoms with E-state index >= 15 is 0 Å². The minimum absolute atomic E-state index is 0.315. The molecule has 0 saturated heterocycles. The Labute approximate surface area is 241 Å². The average Bonchev–Trinajstić information content (AvgIpc) is 3.40. The van der Waals surface area contributed by atoms with Gasteiger partial charge in [0.05, 0.1) is 5.69 Å². The Kier molecular flexibility index (Phi) is 9.77. The number of aromatic nitrogens is 3. The fourth-order valence-electron chi connectivity index (χ4n) is 4.18. The van der Waals surface area contributed by atoms with E-state index < -0.39 is 11.9 Å². The van der Waals surface area contributed by atoms with Gasteiger partial charge in [-0.05, 0) is 72.9 Å². The highest BCUT2D eigenvalue weighted by Crippen LogP contribution is 2.24. The Morgan fingerprint density at radius 1 is 1.07 bits per heavy atom. The number of carbonyl (C=O) groups is 1. The summed E-state index contributed by atoms with van der Waals surface area (Å²) in [5.41, 5.74) is 4.95. The van der Waals surface area contributed by atoms with Gasteiger partial charge in [-0.1, -0.05) is 43.7 Å². The van der Waals surface area contributed by atoms with Gasteiger partial charge in [0.25, 0.3) is 0 Å². The third kappa shape index (κ3) is 8.90. The number of anilines is 1. The molecule has 3 aromatic carbocycles. The first-order valence-electron chi connectivity index (χ1n) is 13.1. The van der Waals surface area contributed by atoms with E-state index in [1.807, 2.05) is 37.3 Å². The van der Waals surface area contributed by atoms with Crippen LogP contribution in [0.15, 0.2) is 73.1 Å². The third-order valence-corrected chi connectivity index (χ3v) is 6.31. The van der Waals surface area contributed by atoms with Gasteiger partial charge in [-0.15, -0.1) is 30.9 Å². The van der Waals surface area contributed by atoms with Crippen LogP contribution >= 0.6 is 12.6 Å². The molecule has 1 atom stereocenters. The maximum absolute atomic E-state index is 12.4. The Morgan fingerprint density at radius 3 is 2.59 bits per heavy atom. The first kappa shape index (κ1) is 29.8. The van der Waals surface area contributed by atoms with Crippen LogP contribution in [0.4, 0.5) is 23.7 Å². The van der Waals surface area contributed by atoms with E-state index in [1.165, 1.54) is 40.8 Å². The molecule has 4 rings (SSSR count). The van der Waals surface area contributed by atoms with E-state index in [9.17, 15) is 18.0 Å². The van der Waals surface area contributed by atoms with Gasteiger partial charge in [-0.25, -0.2) is 14.5 Å². The number of carbonyl (C=O) groups excluding carboxylic acids is 1. The van der Waals surface area contributed by atoms with Crippen LogP contribution in [0.3, 0.4) is 0 Å². The first-order valence-corrected chi connectivity index (χ1v) is 13.6. The molecule has 2 amide bonds. The monoisotopic (exact) mass is 584 g/mol. The zero-order chi connectivity index (χ0) is 29.4. The van der Waals surface area contributed by atoms with E-state index in [4.69, 9.17) is 0 Å². The maximum Gasteiger partial charge on any atom is 0.573 e. The second-order valence-corrected chi connectivity index (χ2v) is 9.88. The second kappa shape index (κ2) is 13.4. The van der Waals surface area contributed by atoms with Crippen LogP contribution in [0.2, 0.25) is 0 Å². The molecule has 1 unspecified atom stereocenters. The standard InChI is InChI=1S/C29H31F3N6O2S/c1-3-5-21-9-8-19(2)16-25(21)35-28(41)36-27(39)33-15-14-20-6-4-7-22(17-20)26-34-18-38(37-26)23-10-12-24(13-11-23)40-29(30,31)32/h4,6-13,16-18,28,35,41H,3,5,14-15H2,1-2H3,(H2,33,36,39). The molecule has 0 radical (unpaired) electrons. The van der Waals surface area contributed by atoms with Crippen LogP contribution in [0.25, 0.3) is 17.1 Å². The summed E-state index contributed by atoms with van der Waals surface area (Å²) in [6.07, 6.45) is -0.750. The van der Waals surface area contributed by atoms with Crippen molar-refractivity contribution in [2.45, 2.75) is 45.0 Å². The molecule has 1 aromatic heterocycles. The summed E-state index contributed by atoms with van der Waals surface area (Å²) in [4.78, 5) is 16.8. The van der Waals surface area contributed by atoms with Crippen molar-refractivity contribution < 1.29 is 22.7 Å². The van der Waals surface area contributed by atoms with Gasteiger partial charge in [-0.2, -0.15) is 0 Å². The number of hydrogen-bond acceptors (Lipinski definition) is 6. The zero-order valence-corrected chi connectivity index (χ0v) is 23.5. The maximum atomic E-state index is 12.4. The van der Waals surface area contributed by atoms with Crippen molar-refractivity contribution in [1.82, 2.24) is 25.4 Å². The van der Waals surface area contributed by atoms with Crippen LogP contribution in [-0.2, 0) is 12.8 Å². The Hall–Kier alpha value is -4.19. The predicted octanol–water partition coefficient (Wildman–Crippen LogP) is 6.26. The number of nitrogens with zero attached hydrogens (tertiary/aromatic N) is 3. The minimum Gasteiger partial charge on any atom is -0.406 e. The van der Waals surface area contributed by atoms with Crippen LogP contribution in [0, 0.1) is 6.92 Å². The highest BCUT2D eigenvalue weighted by atomic mass is 32.1. The molecule has 0 bridgehead atoms. The number of rotatable bonds is 11. The molecular formula is C29H31F3N6O2S. The molecular weight excluding hydrogens is 553 g/mol. The van der Waals surface area contributed by atoms with Crippen molar-refractivity contribution in [3.05, 3.63) is 89.7 Å². The lowest BCUT2D eigenvalue weighted by atomic mass is 10.1. The van der Waals surface area contributed by atoms with Crippen LogP contribution in [0.5, 0.6) is 5.75 Å². The molecule has 0 aliphatic carbocycles. The average molecular weight is 585 g/mol. The number of thiol groups is 1. The van der Waals surface area contributed by atoms with Crippen molar-refractivity contribution in [1.29, 1.82) is 0 Å².